The van der Waals surface area contributed by atoms with Crippen LogP contribution in [0.4, 0.5) is 0 Å². The molecule has 4 heterocycles. The summed E-state index contributed by atoms with van der Waals surface area (Å²) in [6, 6.07) is 0. The molecule has 0 spiro atoms. The number of aromatic amines is 2. The first-order chi connectivity index (χ1) is 15.1. The molecule has 0 unspecified atom stereocenters. The second-order valence-corrected chi connectivity index (χ2v) is 8.94. The van der Waals surface area contributed by atoms with Gasteiger partial charge in [0.1, 0.15) is 21.6 Å². The quantitative estimate of drug-likeness (QED) is 0.229. The zero-order valence-corrected chi connectivity index (χ0v) is 26.2. The molecule has 4 rings (SSSR count). The number of thiophene rings is 2. The van der Waals surface area contributed by atoms with Crippen LogP contribution in [0.5, 0.6) is 0 Å². The summed E-state index contributed by atoms with van der Waals surface area (Å²) in [6.07, 6.45) is 1.60. The summed E-state index contributed by atoms with van der Waals surface area (Å²) in [6.45, 7) is 7.64. The van der Waals surface area contributed by atoms with Crippen molar-refractivity contribution in [3.05, 3.63) is 53.2 Å². The number of carboxylic acids is 2. The average molecular weight is 557 g/mol. The second kappa shape index (κ2) is 15.1. The molecule has 4 aromatic rings. The monoisotopic (exact) mass is 556 g/mol. The third-order valence-corrected chi connectivity index (χ3v) is 7.49. The van der Waals surface area contributed by atoms with Crippen LogP contribution in [0, 0.1) is 13.8 Å². The van der Waals surface area contributed by atoms with Gasteiger partial charge < -0.3 is 40.7 Å². The molecule has 0 aliphatic rings. The standard InChI is InChI=1S/2C10H10N2O3S.2Na.2H2O/c2*1-3-5-4(2)6-8(13)11-7(10(14)15)12-9(6)16-5;;;;/h2*3H2,1-2H3,(H,14,15)(H,11,12,13);;;2*1H2/q;;2*+1;;/p-2. The van der Waals surface area contributed by atoms with Crippen molar-refractivity contribution >= 4 is 55.0 Å². The third kappa shape index (κ3) is 7.31. The number of aromatic nitrogens is 4. The van der Waals surface area contributed by atoms with Gasteiger partial charge >= 0.3 is 59.1 Å². The van der Waals surface area contributed by atoms with Gasteiger partial charge in [0.2, 0.25) is 0 Å². The number of carboxylic acid groups (broad SMARTS) is 2. The van der Waals surface area contributed by atoms with Crippen LogP contribution >= 0.6 is 22.7 Å². The van der Waals surface area contributed by atoms with Crippen molar-refractivity contribution in [2.45, 2.75) is 40.5 Å². The Morgan fingerprint density at radius 2 is 1.06 bits per heavy atom. The number of nitrogens with zero attached hydrogens (tertiary/aromatic N) is 2. The van der Waals surface area contributed by atoms with E-state index >= 15 is 0 Å². The number of fused-ring (bicyclic) bond motifs is 2. The number of carbonyl (C=O) groups is 2. The van der Waals surface area contributed by atoms with Crippen molar-refractivity contribution < 1.29 is 89.9 Å². The molecule has 0 radical (unpaired) electrons. The normalized spacial score (nSPS) is 9.67. The Kier molecular flexibility index (Phi) is 15.4. The molecule has 0 aliphatic carbocycles. The summed E-state index contributed by atoms with van der Waals surface area (Å²) in [5.74, 6) is -3.77. The van der Waals surface area contributed by atoms with Gasteiger partial charge in [-0.2, -0.15) is 0 Å². The van der Waals surface area contributed by atoms with Gasteiger partial charge in [0.15, 0.2) is 11.6 Å². The minimum atomic E-state index is -1.47. The van der Waals surface area contributed by atoms with Crippen LogP contribution in [-0.2, 0) is 12.8 Å². The molecule has 0 amide bonds. The van der Waals surface area contributed by atoms with E-state index in [9.17, 15) is 29.4 Å². The van der Waals surface area contributed by atoms with Gasteiger partial charge in [-0.3, -0.25) is 9.59 Å². The fourth-order valence-corrected chi connectivity index (χ4v) is 5.48. The van der Waals surface area contributed by atoms with Crippen LogP contribution in [0.15, 0.2) is 9.59 Å². The van der Waals surface area contributed by atoms with Crippen molar-refractivity contribution in [2.24, 2.45) is 0 Å². The topological polar surface area (TPSA) is 235 Å². The molecule has 0 fully saturated rings. The summed E-state index contributed by atoms with van der Waals surface area (Å²) in [4.78, 5) is 59.7. The molecule has 0 saturated carbocycles. The molecule has 36 heavy (non-hydrogen) atoms. The molecular formula is C20H22N4Na2O8S2. The summed E-state index contributed by atoms with van der Waals surface area (Å²) >= 11 is 2.69. The molecule has 16 heteroatoms. The number of H-pyrrole nitrogens is 2. The van der Waals surface area contributed by atoms with Gasteiger partial charge in [0.05, 0.1) is 10.8 Å². The number of nitrogens with one attached hydrogen (secondary N) is 2. The van der Waals surface area contributed by atoms with E-state index < -0.39 is 34.7 Å². The van der Waals surface area contributed by atoms with E-state index in [0.717, 1.165) is 33.7 Å². The Morgan fingerprint density at radius 3 is 1.31 bits per heavy atom. The first-order valence-electron chi connectivity index (χ1n) is 9.56. The van der Waals surface area contributed by atoms with Crippen LogP contribution in [0.1, 0.15) is 56.0 Å². The number of carbonyl (C=O) groups excluding carboxylic acids is 2. The van der Waals surface area contributed by atoms with Crippen molar-refractivity contribution in [2.75, 3.05) is 0 Å². The van der Waals surface area contributed by atoms with Gasteiger partial charge in [-0.05, 0) is 37.8 Å². The van der Waals surface area contributed by atoms with Gasteiger partial charge in [-0.25, -0.2) is 9.97 Å². The maximum Gasteiger partial charge on any atom is 1.00 e. The first kappa shape index (κ1) is 36.7. The van der Waals surface area contributed by atoms with E-state index in [0.29, 0.717) is 20.4 Å². The second-order valence-electron chi connectivity index (χ2n) is 6.77. The van der Waals surface area contributed by atoms with Crippen LogP contribution in [0.2, 0.25) is 0 Å². The number of rotatable bonds is 4. The fourth-order valence-electron chi connectivity index (χ4n) is 3.25. The van der Waals surface area contributed by atoms with E-state index in [1.807, 2.05) is 27.7 Å². The maximum atomic E-state index is 11.7. The molecule has 0 aliphatic heterocycles. The number of aryl methyl sites for hydroxylation is 4. The number of aromatic carboxylic acids is 2. The van der Waals surface area contributed by atoms with Crippen LogP contribution in [0.3, 0.4) is 0 Å². The van der Waals surface area contributed by atoms with Gasteiger partial charge in [-0.15, -0.1) is 22.7 Å². The molecule has 4 aromatic heterocycles. The smallest absolute Gasteiger partial charge is 0.542 e. The molecule has 0 saturated heterocycles. The molecule has 0 atom stereocenters. The number of hydrogen-bond acceptors (Lipinski definition) is 10. The Labute approximate surface area is 256 Å². The predicted octanol–water partition coefficient (Wildman–Crippen LogP) is -7.20. The SMILES string of the molecule is CCc1sc2nc(C(=O)[O-])[nH]c(=O)c2c1C.CCc1sc2nc(C(=O)[O-])[nH]c(=O)c2c1C.O.O.[Na+].[Na+]. The molecule has 0 bridgehead atoms. The minimum Gasteiger partial charge on any atom is -0.542 e. The van der Waals surface area contributed by atoms with Crippen molar-refractivity contribution in [1.29, 1.82) is 0 Å². The Hall–Kier alpha value is -1.46. The van der Waals surface area contributed by atoms with E-state index in [1.165, 1.54) is 22.7 Å². The zero-order chi connectivity index (χ0) is 23.7. The van der Waals surface area contributed by atoms with E-state index in [1.54, 1.807) is 0 Å². The van der Waals surface area contributed by atoms with E-state index in [2.05, 4.69) is 19.9 Å². The predicted molar refractivity (Wildman–Crippen MR) is 125 cm³/mol. The van der Waals surface area contributed by atoms with Gasteiger partial charge in [-0.1, -0.05) is 13.8 Å². The number of hydrogen-bond donors (Lipinski definition) is 2. The zero-order valence-electron chi connectivity index (χ0n) is 20.6. The average Bonchev–Trinajstić information content (AvgIpc) is 3.24. The van der Waals surface area contributed by atoms with Crippen molar-refractivity contribution in [1.82, 2.24) is 19.9 Å². The molecule has 184 valence electrons. The van der Waals surface area contributed by atoms with E-state index in [-0.39, 0.29) is 70.1 Å². The van der Waals surface area contributed by atoms with Crippen LogP contribution < -0.4 is 80.4 Å². The first-order valence-corrected chi connectivity index (χ1v) is 11.2. The maximum absolute atomic E-state index is 11.7. The van der Waals surface area contributed by atoms with Crippen molar-refractivity contribution in [3.63, 3.8) is 0 Å². The molecule has 6 N–H and O–H groups in total. The third-order valence-electron chi connectivity index (χ3n) is 4.83. The Balaban J connectivity index is 0. The largest absolute Gasteiger partial charge is 1.00 e. The summed E-state index contributed by atoms with van der Waals surface area (Å²) in [5.41, 5.74) is 0.914. The van der Waals surface area contributed by atoms with E-state index in [4.69, 9.17) is 0 Å². The van der Waals surface area contributed by atoms with Crippen LogP contribution in [0.25, 0.3) is 20.4 Å². The summed E-state index contributed by atoms with van der Waals surface area (Å²) in [7, 11) is 0. The summed E-state index contributed by atoms with van der Waals surface area (Å²) < 4.78 is 0. The van der Waals surface area contributed by atoms with Gasteiger partial charge in [0.25, 0.3) is 11.1 Å². The molecular weight excluding hydrogens is 534 g/mol. The minimum absolute atomic E-state index is 0. The molecule has 0 aromatic carbocycles. The summed E-state index contributed by atoms with van der Waals surface area (Å²) in [5, 5.41) is 22.2. The molecule has 12 nitrogen and oxygen atoms in total. The van der Waals surface area contributed by atoms with Crippen LogP contribution in [-0.4, -0.2) is 42.8 Å². The Bertz CT molecular complexity index is 1380. The fraction of sp³-hybridized carbons (Fsp3) is 0.300. The Morgan fingerprint density at radius 1 is 0.750 bits per heavy atom. The van der Waals surface area contributed by atoms with Crippen molar-refractivity contribution in [3.8, 4) is 0 Å². The van der Waals surface area contributed by atoms with Gasteiger partial charge in [0, 0.05) is 9.75 Å².